The van der Waals surface area contributed by atoms with Crippen molar-refractivity contribution in [1.82, 2.24) is 4.90 Å². The lowest BCUT2D eigenvalue weighted by atomic mass is 10.2. The van der Waals surface area contributed by atoms with E-state index in [1.165, 1.54) is 0 Å². The SMILES string of the molecule is CCCCCC(=O)N1CCCC1C#N. The van der Waals surface area contributed by atoms with Crippen LogP contribution in [0.3, 0.4) is 0 Å². The lowest BCUT2D eigenvalue weighted by Crippen LogP contribution is -2.34. The summed E-state index contributed by atoms with van der Waals surface area (Å²) in [4.78, 5) is 13.4. The van der Waals surface area contributed by atoms with Crippen molar-refractivity contribution in [3.63, 3.8) is 0 Å². The zero-order valence-electron chi connectivity index (χ0n) is 8.83. The normalized spacial score (nSPS) is 20.9. The summed E-state index contributed by atoms with van der Waals surface area (Å²) in [5.74, 6) is 0.169. The van der Waals surface area contributed by atoms with E-state index in [2.05, 4.69) is 13.0 Å². The third-order valence-corrected chi connectivity index (χ3v) is 2.72. The van der Waals surface area contributed by atoms with Crippen LogP contribution in [0.4, 0.5) is 0 Å². The van der Waals surface area contributed by atoms with Gasteiger partial charge >= 0.3 is 0 Å². The minimum absolute atomic E-state index is 0.149. The monoisotopic (exact) mass is 194 g/mol. The third-order valence-electron chi connectivity index (χ3n) is 2.72. The molecule has 1 unspecified atom stereocenters. The van der Waals surface area contributed by atoms with E-state index in [0.717, 1.165) is 38.6 Å². The fourth-order valence-corrected chi connectivity index (χ4v) is 1.87. The molecule has 3 nitrogen and oxygen atoms in total. The van der Waals surface area contributed by atoms with Gasteiger partial charge in [-0.05, 0) is 19.3 Å². The lowest BCUT2D eigenvalue weighted by Gasteiger charge is -2.19. The van der Waals surface area contributed by atoms with Gasteiger partial charge in [0.2, 0.25) is 5.91 Å². The Hall–Kier alpha value is -1.04. The minimum atomic E-state index is -0.149. The fraction of sp³-hybridized carbons (Fsp3) is 0.818. The van der Waals surface area contributed by atoms with Crippen molar-refractivity contribution >= 4 is 5.91 Å². The average molecular weight is 194 g/mol. The number of likely N-dealkylation sites (tertiary alicyclic amines) is 1. The molecule has 1 amide bonds. The predicted molar refractivity (Wildman–Crippen MR) is 54.5 cm³/mol. The molecule has 0 aromatic heterocycles. The number of rotatable bonds is 4. The first-order chi connectivity index (χ1) is 6.79. The van der Waals surface area contributed by atoms with Crippen LogP contribution in [-0.4, -0.2) is 23.4 Å². The maximum absolute atomic E-state index is 11.7. The molecule has 1 aliphatic rings. The number of unbranched alkanes of at least 4 members (excludes halogenated alkanes) is 2. The van der Waals surface area contributed by atoms with Gasteiger partial charge < -0.3 is 4.90 Å². The Balaban J connectivity index is 2.33. The van der Waals surface area contributed by atoms with E-state index in [-0.39, 0.29) is 11.9 Å². The van der Waals surface area contributed by atoms with Crippen LogP contribution in [0.15, 0.2) is 0 Å². The molecule has 0 aromatic carbocycles. The van der Waals surface area contributed by atoms with Crippen LogP contribution in [0, 0.1) is 11.3 Å². The standard InChI is InChI=1S/C11H18N2O/c1-2-3-4-7-11(14)13-8-5-6-10(13)9-12/h10H,2-8H2,1H3. The van der Waals surface area contributed by atoms with Crippen LogP contribution in [0.1, 0.15) is 45.4 Å². The molecule has 0 aromatic rings. The molecule has 1 heterocycles. The topological polar surface area (TPSA) is 44.1 Å². The van der Waals surface area contributed by atoms with Crippen molar-refractivity contribution < 1.29 is 4.79 Å². The molecule has 14 heavy (non-hydrogen) atoms. The summed E-state index contributed by atoms with van der Waals surface area (Å²) in [6.07, 6.45) is 5.66. The summed E-state index contributed by atoms with van der Waals surface area (Å²) in [5, 5.41) is 8.81. The summed E-state index contributed by atoms with van der Waals surface area (Å²) in [6, 6.07) is 2.04. The molecule has 0 spiro atoms. The highest BCUT2D eigenvalue weighted by molar-refractivity contribution is 5.77. The quantitative estimate of drug-likeness (QED) is 0.643. The lowest BCUT2D eigenvalue weighted by molar-refractivity contribution is -0.131. The molecule has 78 valence electrons. The van der Waals surface area contributed by atoms with Gasteiger partial charge in [-0.3, -0.25) is 4.79 Å². The minimum Gasteiger partial charge on any atom is -0.327 e. The molecular formula is C11H18N2O. The maximum Gasteiger partial charge on any atom is 0.223 e. The highest BCUT2D eigenvalue weighted by atomic mass is 16.2. The number of nitrogens with zero attached hydrogens (tertiary/aromatic N) is 2. The van der Waals surface area contributed by atoms with Crippen molar-refractivity contribution in [1.29, 1.82) is 5.26 Å². The predicted octanol–water partition coefficient (Wildman–Crippen LogP) is 2.08. The summed E-state index contributed by atoms with van der Waals surface area (Å²) in [7, 11) is 0. The van der Waals surface area contributed by atoms with Crippen molar-refractivity contribution in [2.75, 3.05) is 6.54 Å². The Bertz CT molecular complexity index is 232. The largest absolute Gasteiger partial charge is 0.327 e. The van der Waals surface area contributed by atoms with E-state index in [1.54, 1.807) is 4.90 Å². The Morgan fingerprint density at radius 2 is 2.36 bits per heavy atom. The number of hydrogen-bond acceptors (Lipinski definition) is 2. The van der Waals surface area contributed by atoms with E-state index in [0.29, 0.717) is 6.42 Å². The molecule has 1 atom stereocenters. The highest BCUT2D eigenvalue weighted by Gasteiger charge is 2.27. The van der Waals surface area contributed by atoms with Crippen LogP contribution in [-0.2, 0) is 4.79 Å². The highest BCUT2D eigenvalue weighted by Crippen LogP contribution is 2.18. The molecule has 1 saturated heterocycles. The van der Waals surface area contributed by atoms with Gasteiger partial charge in [-0.1, -0.05) is 19.8 Å². The summed E-state index contributed by atoms with van der Waals surface area (Å²) < 4.78 is 0. The first kappa shape index (κ1) is 11.0. The van der Waals surface area contributed by atoms with E-state index in [1.807, 2.05) is 0 Å². The second-order valence-electron chi connectivity index (χ2n) is 3.83. The van der Waals surface area contributed by atoms with Gasteiger partial charge in [0.1, 0.15) is 6.04 Å². The van der Waals surface area contributed by atoms with Crippen molar-refractivity contribution in [3.8, 4) is 6.07 Å². The van der Waals surface area contributed by atoms with Crippen LogP contribution in [0.5, 0.6) is 0 Å². The first-order valence-electron chi connectivity index (χ1n) is 5.48. The van der Waals surface area contributed by atoms with Crippen LogP contribution in [0.2, 0.25) is 0 Å². The van der Waals surface area contributed by atoms with Gasteiger partial charge in [-0.2, -0.15) is 5.26 Å². The molecule has 0 radical (unpaired) electrons. The van der Waals surface area contributed by atoms with Gasteiger partial charge in [0.15, 0.2) is 0 Å². The number of amides is 1. The van der Waals surface area contributed by atoms with E-state index in [4.69, 9.17) is 5.26 Å². The fourth-order valence-electron chi connectivity index (χ4n) is 1.87. The van der Waals surface area contributed by atoms with Crippen molar-refractivity contribution in [2.24, 2.45) is 0 Å². The van der Waals surface area contributed by atoms with E-state index < -0.39 is 0 Å². The molecule has 0 N–H and O–H groups in total. The molecule has 3 heteroatoms. The van der Waals surface area contributed by atoms with E-state index in [9.17, 15) is 4.79 Å². The zero-order chi connectivity index (χ0) is 10.4. The zero-order valence-corrected chi connectivity index (χ0v) is 8.83. The molecule has 0 saturated carbocycles. The third kappa shape index (κ3) is 2.73. The van der Waals surface area contributed by atoms with Crippen LogP contribution in [0.25, 0.3) is 0 Å². The van der Waals surface area contributed by atoms with Crippen molar-refractivity contribution in [3.05, 3.63) is 0 Å². The number of carbonyl (C=O) groups excluding carboxylic acids is 1. The molecule has 0 aliphatic carbocycles. The van der Waals surface area contributed by atoms with Gasteiger partial charge in [-0.15, -0.1) is 0 Å². The summed E-state index contributed by atoms with van der Waals surface area (Å²) in [5.41, 5.74) is 0. The number of carbonyl (C=O) groups is 1. The van der Waals surface area contributed by atoms with E-state index >= 15 is 0 Å². The molecule has 1 aliphatic heterocycles. The second kappa shape index (κ2) is 5.64. The molecule has 0 bridgehead atoms. The second-order valence-corrected chi connectivity index (χ2v) is 3.83. The summed E-state index contributed by atoms with van der Waals surface area (Å²) in [6.45, 7) is 2.90. The first-order valence-corrected chi connectivity index (χ1v) is 5.48. The average Bonchev–Trinajstić information content (AvgIpc) is 2.65. The molecular weight excluding hydrogens is 176 g/mol. The Morgan fingerprint density at radius 1 is 1.57 bits per heavy atom. The Kier molecular flexibility index (Phi) is 4.45. The van der Waals surface area contributed by atoms with Gasteiger partial charge in [0.25, 0.3) is 0 Å². The Morgan fingerprint density at radius 3 is 3.00 bits per heavy atom. The van der Waals surface area contributed by atoms with Crippen molar-refractivity contribution in [2.45, 2.75) is 51.5 Å². The number of hydrogen-bond donors (Lipinski definition) is 0. The Labute approximate surface area is 85.7 Å². The smallest absolute Gasteiger partial charge is 0.223 e. The van der Waals surface area contributed by atoms with Crippen LogP contribution >= 0.6 is 0 Å². The maximum atomic E-state index is 11.7. The number of nitriles is 1. The van der Waals surface area contributed by atoms with Gasteiger partial charge in [-0.25, -0.2) is 0 Å². The van der Waals surface area contributed by atoms with Crippen LogP contribution < -0.4 is 0 Å². The molecule has 1 fully saturated rings. The molecule has 1 rings (SSSR count). The van der Waals surface area contributed by atoms with Gasteiger partial charge in [0.05, 0.1) is 6.07 Å². The summed E-state index contributed by atoms with van der Waals surface area (Å²) >= 11 is 0. The van der Waals surface area contributed by atoms with Gasteiger partial charge in [0, 0.05) is 13.0 Å².